The maximum Gasteiger partial charge on any atom is 0.142 e. The van der Waals surface area contributed by atoms with E-state index in [9.17, 15) is 0 Å². The molecule has 2 N–H and O–H groups in total. The van der Waals surface area contributed by atoms with Crippen molar-refractivity contribution in [2.75, 3.05) is 12.4 Å². The van der Waals surface area contributed by atoms with Gasteiger partial charge in [-0.2, -0.15) is 5.10 Å². The molecule has 1 aromatic heterocycles. The summed E-state index contributed by atoms with van der Waals surface area (Å²) in [5, 5.41) is 10.5. The van der Waals surface area contributed by atoms with E-state index in [0.717, 1.165) is 23.7 Å². The summed E-state index contributed by atoms with van der Waals surface area (Å²) in [4.78, 5) is 0. The zero-order valence-electron chi connectivity index (χ0n) is 9.29. The molecule has 0 amide bonds. The van der Waals surface area contributed by atoms with Crippen molar-refractivity contribution in [2.24, 2.45) is 0 Å². The molecule has 0 saturated carbocycles. The number of ether oxygens (including phenoxy) is 1. The molecule has 0 atom stereocenters. The van der Waals surface area contributed by atoms with Crippen LogP contribution in [-0.4, -0.2) is 17.3 Å². The summed E-state index contributed by atoms with van der Waals surface area (Å²) in [6, 6.07) is 4.06. The van der Waals surface area contributed by atoms with Crippen LogP contribution in [0.5, 0.6) is 5.75 Å². The third-order valence-corrected chi connectivity index (χ3v) is 3.02. The summed E-state index contributed by atoms with van der Waals surface area (Å²) in [6.07, 6.45) is 1.88. The van der Waals surface area contributed by atoms with Crippen molar-refractivity contribution < 1.29 is 4.74 Å². The van der Waals surface area contributed by atoms with Crippen LogP contribution in [0.2, 0.25) is 0 Å². The average Bonchev–Trinajstić information content (AvgIpc) is 2.77. The molecule has 82 valence electrons. The third kappa shape index (κ3) is 1.13. The molecule has 16 heavy (non-hydrogen) atoms. The number of hydrogen-bond donors (Lipinski definition) is 2. The van der Waals surface area contributed by atoms with Crippen molar-refractivity contribution in [1.82, 2.24) is 10.2 Å². The van der Waals surface area contributed by atoms with Gasteiger partial charge >= 0.3 is 0 Å². The van der Waals surface area contributed by atoms with E-state index in [1.54, 1.807) is 7.11 Å². The van der Waals surface area contributed by atoms with Crippen molar-refractivity contribution in [1.29, 1.82) is 0 Å². The molecule has 3 rings (SSSR count). The fourth-order valence-electron chi connectivity index (χ4n) is 2.22. The van der Waals surface area contributed by atoms with Gasteiger partial charge < -0.3 is 10.1 Å². The molecule has 0 bridgehead atoms. The van der Waals surface area contributed by atoms with Crippen LogP contribution >= 0.6 is 0 Å². The zero-order valence-corrected chi connectivity index (χ0v) is 9.29. The Morgan fingerprint density at radius 3 is 3.06 bits per heavy atom. The van der Waals surface area contributed by atoms with E-state index in [4.69, 9.17) is 4.74 Å². The van der Waals surface area contributed by atoms with Gasteiger partial charge in [-0.25, -0.2) is 0 Å². The molecule has 4 nitrogen and oxygen atoms in total. The second-order valence-corrected chi connectivity index (χ2v) is 3.95. The molecule has 0 spiro atoms. The van der Waals surface area contributed by atoms with Gasteiger partial charge in [0.1, 0.15) is 5.75 Å². The van der Waals surface area contributed by atoms with Gasteiger partial charge in [0.15, 0.2) is 0 Å². The highest BCUT2D eigenvalue weighted by molar-refractivity contribution is 5.87. The Balaban J connectivity index is 2.31. The smallest absolute Gasteiger partial charge is 0.142 e. The zero-order chi connectivity index (χ0) is 11.1. The quantitative estimate of drug-likeness (QED) is 0.767. The van der Waals surface area contributed by atoms with E-state index in [2.05, 4.69) is 28.5 Å². The summed E-state index contributed by atoms with van der Waals surface area (Å²) < 4.78 is 5.37. The number of benzene rings is 1. The van der Waals surface area contributed by atoms with Crippen LogP contribution in [0.15, 0.2) is 18.3 Å². The monoisotopic (exact) mass is 215 g/mol. The van der Waals surface area contributed by atoms with Gasteiger partial charge in [0, 0.05) is 11.1 Å². The first-order chi connectivity index (χ1) is 7.81. The number of methoxy groups -OCH3 is 1. The first kappa shape index (κ1) is 9.27. The largest absolute Gasteiger partial charge is 0.495 e. The maximum absolute atomic E-state index is 5.37. The number of aryl methyl sites for hydroxylation is 1. The van der Waals surface area contributed by atoms with Crippen molar-refractivity contribution in [3.63, 3.8) is 0 Å². The predicted octanol–water partition coefficient (Wildman–Crippen LogP) is 2.32. The minimum atomic E-state index is 0.766. The van der Waals surface area contributed by atoms with Gasteiger partial charge in [0.05, 0.1) is 31.2 Å². The fourth-order valence-corrected chi connectivity index (χ4v) is 2.22. The number of aromatic amines is 1. The lowest BCUT2D eigenvalue weighted by molar-refractivity contribution is 0.416. The molecule has 0 radical (unpaired) electrons. The van der Waals surface area contributed by atoms with Crippen molar-refractivity contribution in [3.8, 4) is 16.9 Å². The highest BCUT2D eigenvalue weighted by Gasteiger charge is 2.21. The number of nitrogens with one attached hydrogen (secondary N) is 2. The van der Waals surface area contributed by atoms with E-state index in [1.165, 1.54) is 16.7 Å². The number of hydrogen-bond acceptors (Lipinski definition) is 3. The maximum atomic E-state index is 5.37. The SMILES string of the molecule is COc1ccc(C)c2c1NCc1[nH]ncc1-2. The standard InChI is InChI=1S/C12H13N3O/c1-7-3-4-10(16-2)12-11(7)8-5-14-15-9(8)6-13-12/h3-5,13H,6H2,1-2H3,(H,14,15). The van der Waals surface area contributed by atoms with E-state index >= 15 is 0 Å². The minimum absolute atomic E-state index is 0.766. The van der Waals surface area contributed by atoms with Crippen molar-refractivity contribution in [3.05, 3.63) is 29.6 Å². The molecule has 2 heterocycles. The first-order valence-corrected chi connectivity index (χ1v) is 5.25. The third-order valence-electron chi connectivity index (χ3n) is 3.02. The lowest BCUT2D eigenvalue weighted by atomic mass is 9.95. The lowest BCUT2D eigenvalue weighted by Crippen LogP contribution is -2.10. The van der Waals surface area contributed by atoms with Crippen LogP contribution in [0.1, 0.15) is 11.3 Å². The Morgan fingerprint density at radius 2 is 2.25 bits per heavy atom. The number of anilines is 1. The Labute approximate surface area is 93.6 Å². The topological polar surface area (TPSA) is 49.9 Å². The molecular weight excluding hydrogens is 202 g/mol. The van der Waals surface area contributed by atoms with Crippen LogP contribution in [0.4, 0.5) is 5.69 Å². The Kier molecular flexibility index (Phi) is 1.89. The van der Waals surface area contributed by atoms with Crippen LogP contribution in [-0.2, 0) is 6.54 Å². The fraction of sp³-hybridized carbons (Fsp3) is 0.250. The minimum Gasteiger partial charge on any atom is -0.495 e. The van der Waals surface area contributed by atoms with Crippen LogP contribution < -0.4 is 10.1 Å². The molecule has 2 aromatic rings. The average molecular weight is 215 g/mol. The molecule has 0 aliphatic carbocycles. The van der Waals surface area contributed by atoms with Crippen LogP contribution in [0, 0.1) is 6.92 Å². The number of rotatable bonds is 1. The molecule has 1 aromatic carbocycles. The van der Waals surface area contributed by atoms with Gasteiger partial charge in [-0.15, -0.1) is 0 Å². The predicted molar refractivity (Wildman–Crippen MR) is 62.6 cm³/mol. The summed E-state index contributed by atoms with van der Waals surface area (Å²) in [5.41, 5.74) is 5.78. The van der Waals surface area contributed by atoms with E-state index in [0.29, 0.717) is 0 Å². The molecule has 1 aliphatic heterocycles. The van der Waals surface area contributed by atoms with Crippen LogP contribution in [0.3, 0.4) is 0 Å². The molecule has 0 fully saturated rings. The summed E-state index contributed by atoms with van der Waals surface area (Å²) in [6.45, 7) is 2.87. The number of nitrogens with zero attached hydrogens (tertiary/aromatic N) is 1. The summed E-state index contributed by atoms with van der Waals surface area (Å²) in [7, 11) is 1.69. The first-order valence-electron chi connectivity index (χ1n) is 5.25. The Bertz CT molecular complexity index is 545. The Hall–Kier alpha value is -1.97. The van der Waals surface area contributed by atoms with E-state index < -0.39 is 0 Å². The Morgan fingerprint density at radius 1 is 1.38 bits per heavy atom. The number of aromatic nitrogens is 2. The van der Waals surface area contributed by atoms with Gasteiger partial charge in [0.2, 0.25) is 0 Å². The molecule has 4 heteroatoms. The van der Waals surface area contributed by atoms with Gasteiger partial charge in [0.25, 0.3) is 0 Å². The highest BCUT2D eigenvalue weighted by Crippen LogP contribution is 2.42. The number of H-pyrrole nitrogens is 1. The highest BCUT2D eigenvalue weighted by atomic mass is 16.5. The number of fused-ring (bicyclic) bond motifs is 3. The van der Waals surface area contributed by atoms with Gasteiger partial charge in [-0.05, 0) is 18.6 Å². The van der Waals surface area contributed by atoms with Crippen molar-refractivity contribution >= 4 is 5.69 Å². The van der Waals surface area contributed by atoms with Crippen molar-refractivity contribution in [2.45, 2.75) is 13.5 Å². The van der Waals surface area contributed by atoms with Gasteiger partial charge in [-0.1, -0.05) is 6.07 Å². The van der Waals surface area contributed by atoms with Gasteiger partial charge in [-0.3, -0.25) is 5.10 Å². The second kappa shape index (κ2) is 3.27. The molecule has 0 saturated heterocycles. The summed E-state index contributed by atoms with van der Waals surface area (Å²) >= 11 is 0. The normalized spacial score (nSPS) is 12.6. The van der Waals surface area contributed by atoms with E-state index in [1.807, 2.05) is 12.3 Å². The molecular formula is C12H13N3O. The summed E-state index contributed by atoms with van der Waals surface area (Å²) in [5.74, 6) is 0.882. The van der Waals surface area contributed by atoms with E-state index in [-0.39, 0.29) is 0 Å². The lowest BCUT2D eigenvalue weighted by Gasteiger charge is -2.22. The second-order valence-electron chi connectivity index (χ2n) is 3.95. The van der Waals surface area contributed by atoms with Crippen LogP contribution in [0.25, 0.3) is 11.1 Å². The molecule has 0 unspecified atom stereocenters. The molecule has 1 aliphatic rings.